The minimum atomic E-state index is -0.849. The molecule has 0 spiro atoms. The first kappa shape index (κ1) is 13.5. The summed E-state index contributed by atoms with van der Waals surface area (Å²) in [5, 5.41) is 2.66. The van der Waals surface area contributed by atoms with Crippen LogP contribution in [0.3, 0.4) is 0 Å². The molecule has 1 aliphatic rings. The van der Waals surface area contributed by atoms with Crippen LogP contribution in [0.5, 0.6) is 0 Å². The highest BCUT2D eigenvalue weighted by Crippen LogP contribution is 2.14. The minimum Gasteiger partial charge on any atom is -0.341 e. The number of piperazine rings is 1. The van der Waals surface area contributed by atoms with Gasteiger partial charge in [-0.1, -0.05) is 12.1 Å². The molecule has 102 valence electrons. The zero-order valence-corrected chi connectivity index (χ0v) is 11.1. The Morgan fingerprint density at radius 2 is 1.89 bits per heavy atom. The predicted molar refractivity (Wildman–Crippen MR) is 68.9 cm³/mol. The standard InChI is InChI=1S/C14H17FN2O2/c1-14(2)13(19)17(9-12(18)16-14)8-7-10-3-5-11(15)6-4-10/h3-6H,7-9H2,1-2H3,(H,16,18). The average Bonchev–Trinajstić information content (AvgIpc) is 2.33. The Balaban J connectivity index is 2.00. The van der Waals surface area contributed by atoms with Crippen LogP contribution in [-0.4, -0.2) is 35.3 Å². The molecule has 0 aromatic heterocycles. The lowest BCUT2D eigenvalue weighted by molar-refractivity contribution is -0.148. The average molecular weight is 264 g/mol. The maximum Gasteiger partial charge on any atom is 0.248 e. The fourth-order valence-corrected chi connectivity index (χ4v) is 2.18. The molecular weight excluding hydrogens is 247 g/mol. The lowest BCUT2D eigenvalue weighted by atomic mass is 10.00. The Kier molecular flexibility index (Phi) is 3.55. The van der Waals surface area contributed by atoms with Crippen molar-refractivity contribution in [3.05, 3.63) is 35.6 Å². The zero-order chi connectivity index (χ0) is 14.0. The Bertz CT molecular complexity index is 497. The Morgan fingerprint density at radius 3 is 2.53 bits per heavy atom. The summed E-state index contributed by atoms with van der Waals surface area (Å²) < 4.78 is 12.8. The predicted octanol–water partition coefficient (Wildman–Crippen LogP) is 1.11. The van der Waals surface area contributed by atoms with Crippen molar-refractivity contribution in [2.45, 2.75) is 25.8 Å². The monoisotopic (exact) mass is 264 g/mol. The first-order valence-electron chi connectivity index (χ1n) is 6.23. The van der Waals surface area contributed by atoms with Gasteiger partial charge in [0.25, 0.3) is 0 Å². The highest BCUT2D eigenvalue weighted by Gasteiger charge is 2.38. The smallest absolute Gasteiger partial charge is 0.248 e. The molecule has 1 aliphatic heterocycles. The largest absolute Gasteiger partial charge is 0.341 e. The summed E-state index contributed by atoms with van der Waals surface area (Å²) >= 11 is 0. The number of hydrogen-bond donors (Lipinski definition) is 1. The SMILES string of the molecule is CC1(C)NC(=O)CN(CCc2ccc(F)cc2)C1=O. The van der Waals surface area contributed by atoms with Gasteiger partial charge in [0.2, 0.25) is 11.8 Å². The molecule has 1 fully saturated rings. The quantitative estimate of drug-likeness (QED) is 0.889. The second-order valence-corrected chi connectivity index (χ2v) is 5.28. The summed E-state index contributed by atoms with van der Waals surface area (Å²) in [5.41, 5.74) is 0.0935. The Hall–Kier alpha value is -1.91. The number of amides is 2. The lowest BCUT2D eigenvalue weighted by Crippen LogP contribution is -2.64. The van der Waals surface area contributed by atoms with E-state index >= 15 is 0 Å². The molecule has 0 unspecified atom stereocenters. The van der Waals surface area contributed by atoms with E-state index in [2.05, 4.69) is 5.32 Å². The van der Waals surface area contributed by atoms with E-state index in [1.807, 2.05) is 0 Å². The number of carbonyl (C=O) groups excluding carboxylic acids is 2. The Labute approximate surface area is 111 Å². The normalized spacial score (nSPS) is 18.4. The summed E-state index contributed by atoms with van der Waals surface area (Å²) in [6.07, 6.45) is 0.607. The Morgan fingerprint density at radius 1 is 1.26 bits per heavy atom. The number of nitrogens with one attached hydrogen (secondary N) is 1. The highest BCUT2D eigenvalue weighted by atomic mass is 19.1. The molecule has 0 atom stereocenters. The van der Waals surface area contributed by atoms with E-state index < -0.39 is 5.54 Å². The molecule has 19 heavy (non-hydrogen) atoms. The second-order valence-electron chi connectivity index (χ2n) is 5.28. The summed E-state index contributed by atoms with van der Waals surface area (Å²) in [7, 11) is 0. The number of carbonyl (C=O) groups is 2. The topological polar surface area (TPSA) is 49.4 Å². The summed E-state index contributed by atoms with van der Waals surface area (Å²) in [4.78, 5) is 25.2. The molecular formula is C14H17FN2O2. The van der Waals surface area contributed by atoms with Crippen molar-refractivity contribution in [1.29, 1.82) is 0 Å². The van der Waals surface area contributed by atoms with Gasteiger partial charge in [0.1, 0.15) is 11.4 Å². The first-order valence-corrected chi connectivity index (χ1v) is 6.23. The van der Waals surface area contributed by atoms with Crippen LogP contribution in [0.25, 0.3) is 0 Å². The van der Waals surface area contributed by atoms with Crippen LogP contribution in [0.4, 0.5) is 4.39 Å². The van der Waals surface area contributed by atoms with Gasteiger partial charge in [0.15, 0.2) is 0 Å². The van der Waals surface area contributed by atoms with Gasteiger partial charge in [-0.25, -0.2) is 4.39 Å². The van der Waals surface area contributed by atoms with Crippen molar-refractivity contribution in [3.8, 4) is 0 Å². The molecule has 0 saturated carbocycles. The van der Waals surface area contributed by atoms with E-state index in [1.54, 1.807) is 30.9 Å². The van der Waals surface area contributed by atoms with Gasteiger partial charge >= 0.3 is 0 Å². The van der Waals surface area contributed by atoms with Crippen molar-refractivity contribution < 1.29 is 14.0 Å². The van der Waals surface area contributed by atoms with Gasteiger partial charge < -0.3 is 10.2 Å². The van der Waals surface area contributed by atoms with Crippen LogP contribution < -0.4 is 5.32 Å². The number of nitrogens with zero attached hydrogens (tertiary/aromatic N) is 1. The van der Waals surface area contributed by atoms with Crippen LogP contribution in [0, 0.1) is 5.82 Å². The molecule has 1 N–H and O–H groups in total. The second kappa shape index (κ2) is 4.99. The third-order valence-electron chi connectivity index (χ3n) is 3.19. The van der Waals surface area contributed by atoms with E-state index in [0.29, 0.717) is 13.0 Å². The molecule has 0 radical (unpaired) electrons. The number of rotatable bonds is 3. The van der Waals surface area contributed by atoms with Gasteiger partial charge in [-0.2, -0.15) is 0 Å². The lowest BCUT2D eigenvalue weighted by Gasteiger charge is -2.37. The van der Waals surface area contributed by atoms with Gasteiger partial charge in [0.05, 0.1) is 6.54 Å². The van der Waals surface area contributed by atoms with Crippen LogP contribution in [0.15, 0.2) is 24.3 Å². The first-order chi connectivity index (χ1) is 8.88. The van der Waals surface area contributed by atoms with Crippen molar-refractivity contribution in [3.63, 3.8) is 0 Å². The number of benzene rings is 1. The van der Waals surface area contributed by atoms with E-state index in [9.17, 15) is 14.0 Å². The molecule has 0 bridgehead atoms. The maximum absolute atomic E-state index is 12.8. The summed E-state index contributed by atoms with van der Waals surface area (Å²) in [5.74, 6) is -0.517. The summed E-state index contributed by atoms with van der Waals surface area (Å²) in [6, 6.07) is 6.16. The fraction of sp³-hybridized carbons (Fsp3) is 0.429. The van der Waals surface area contributed by atoms with Gasteiger partial charge in [0, 0.05) is 6.54 Å². The number of halogens is 1. The van der Waals surface area contributed by atoms with Crippen LogP contribution in [0.2, 0.25) is 0 Å². The molecule has 0 aliphatic carbocycles. The fourth-order valence-electron chi connectivity index (χ4n) is 2.18. The van der Waals surface area contributed by atoms with Crippen LogP contribution in [-0.2, 0) is 16.0 Å². The third kappa shape index (κ3) is 3.10. The van der Waals surface area contributed by atoms with E-state index in [1.165, 1.54) is 12.1 Å². The molecule has 2 rings (SSSR count). The van der Waals surface area contributed by atoms with Crippen molar-refractivity contribution >= 4 is 11.8 Å². The molecule has 4 nitrogen and oxygen atoms in total. The highest BCUT2D eigenvalue weighted by molar-refractivity contribution is 5.97. The molecule has 1 aromatic rings. The van der Waals surface area contributed by atoms with Gasteiger partial charge in [-0.15, -0.1) is 0 Å². The van der Waals surface area contributed by atoms with E-state index in [0.717, 1.165) is 5.56 Å². The third-order valence-corrected chi connectivity index (χ3v) is 3.19. The van der Waals surface area contributed by atoms with Crippen LogP contribution >= 0.6 is 0 Å². The van der Waals surface area contributed by atoms with Gasteiger partial charge in [-0.05, 0) is 38.0 Å². The molecule has 1 heterocycles. The molecule has 1 saturated heterocycles. The van der Waals surface area contributed by atoms with E-state index in [-0.39, 0.29) is 24.2 Å². The van der Waals surface area contributed by atoms with Crippen molar-refractivity contribution in [2.24, 2.45) is 0 Å². The molecule has 5 heteroatoms. The van der Waals surface area contributed by atoms with Gasteiger partial charge in [-0.3, -0.25) is 9.59 Å². The van der Waals surface area contributed by atoms with Crippen molar-refractivity contribution in [1.82, 2.24) is 10.2 Å². The minimum absolute atomic E-state index is 0.0868. The van der Waals surface area contributed by atoms with Crippen LogP contribution in [0.1, 0.15) is 19.4 Å². The zero-order valence-electron chi connectivity index (χ0n) is 11.1. The van der Waals surface area contributed by atoms with Crippen molar-refractivity contribution in [2.75, 3.05) is 13.1 Å². The summed E-state index contributed by atoms with van der Waals surface area (Å²) in [6.45, 7) is 3.93. The molecule has 2 amide bonds. The number of hydrogen-bond acceptors (Lipinski definition) is 2. The molecule has 1 aromatic carbocycles. The van der Waals surface area contributed by atoms with E-state index in [4.69, 9.17) is 0 Å². The maximum atomic E-state index is 12.8.